The number of nitrogens with zero attached hydrogens (tertiary/aromatic N) is 1. The zero-order valence-electron chi connectivity index (χ0n) is 11.1. The maximum absolute atomic E-state index is 11.5. The minimum Gasteiger partial charge on any atom is -0.499 e. The first kappa shape index (κ1) is 15.7. The summed E-state index contributed by atoms with van der Waals surface area (Å²) in [7, 11) is 0. The Balaban J connectivity index is 2.32. The number of aliphatic hydroxyl groups is 2. The van der Waals surface area contributed by atoms with Crippen LogP contribution < -0.4 is 0 Å². The van der Waals surface area contributed by atoms with E-state index in [1.165, 1.54) is 11.2 Å². The summed E-state index contributed by atoms with van der Waals surface area (Å²) in [5, 5.41) is 19.1. The molecule has 0 radical (unpaired) electrons. The zero-order valence-corrected chi connectivity index (χ0v) is 11.1. The SMILES string of the molecule is C=COCCOCC(O)CN1C(=O)OCC1(C)CO. The van der Waals surface area contributed by atoms with E-state index >= 15 is 0 Å². The molecule has 0 aromatic carbocycles. The monoisotopic (exact) mass is 275 g/mol. The zero-order chi connectivity index (χ0) is 14.3. The van der Waals surface area contributed by atoms with Crippen molar-refractivity contribution in [1.29, 1.82) is 0 Å². The van der Waals surface area contributed by atoms with Crippen LogP contribution in [0.3, 0.4) is 0 Å². The minimum atomic E-state index is -0.847. The van der Waals surface area contributed by atoms with Gasteiger partial charge < -0.3 is 24.4 Å². The third-order valence-corrected chi connectivity index (χ3v) is 2.89. The Morgan fingerprint density at radius 2 is 2.37 bits per heavy atom. The Labute approximate surface area is 112 Å². The molecule has 1 aliphatic rings. The van der Waals surface area contributed by atoms with Crippen LogP contribution in [0.25, 0.3) is 0 Å². The number of ether oxygens (including phenoxy) is 3. The highest BCUT2D eigenvalue weighted by Gasteiger charge is 2.43. The number of amides is 1. The molecular weight excluding hydrogens is 254 g/mol. The van der Waals surface area contributed by atoms with Crippen molar-refractivity contribution >= 4 is 6.09 Å². The normalized spacial score (nSPS) is 24.2. The molecule has 0 spiro atoms. The highest BCUT2D eigenvalue weighted by Crippen LogP contribution is 2.23. The number of hydrogen-bond donors (Lipinski definition) is 2. The molecule has 2 atom stereocenters. The molecule has 0 aromatic heterocycles. The molecule has 19 heavy (non-hydrogen) atoms. The van der Waals surface area contributed by atoms with Crippen molar-refractivity contribution in [1.82, 2.24) is 4.90 Å². The van der Waals surface area contributed by atoms with E-state index in [1.807, 2.05) is 0 Å². The summed E-state index contributed by atoms with van der Waals surface area (Å²) in [4.78, 5) is 12.8. The van der Waals surface area contributed by atoms with Gasteiger partial charge in [0.25, 0.3) is 0 Å². The van der Waals surface area contributed by atoms with Gasteiger partial charge in [-0.3, -0.25) is 4.90 Å². The van der Waals surface area contributed by atoms with E-state index in [4.69, 9.17) is 14.2 Å². The van der Waals surface area contributed by atoms with Gasteiger partial charge in [0, 0.05) is 0 Å². The standard InChI is InChI=1S/C12H21NO6/c1-3-17-4-5-18-7-10(15)6-13-11(16)19-9-12(13,2)8-14/h3,10,14-15H,1,4-9H2,2H3. The first-order valence-corrected chi connectivity index (χ1v) is 6.07. The van der Waals surface area contributed by atoms with Crippen molar-refractivity contribution in [2.24, 2.45) is 0 Å². The number of carbonyl (C=O) groups excluding carboxylic acids is 1. The molecule has 0 aromatic rings. The molecule has 1 fully saturated rings. The summed E-state index contributed by atoms with van der Waals surface area (Å²) >= 11 is 0. The summed E-state index contributed by atoms with van der Waals surface area (Å²) < 4.78 is 14.9. The molecule has 1 aliphatic heterocycles. The Morgan fingerprint density at radius 3 is 3.00 bits per heavy atom. The molecule has 1 heterocycles. The summed E-state index contributed by atoms with van der Waals surface area (Å²) in [6, 6.07) is 0. The molecule has 1 rings (SSSR count). The van der Waals surface area contributed by atoms with E-state index in [0.717, 1.165) is 0 Å². The predicted octanol–water partition coefficient (Wildman–Crippen LogP) is -0.273. The largest absolute Gasteiger partial charge is 0.499 e. The first-order chi connectivity index (χ1) is 9.03. The van der Waals surface area contributed by atoms with Crippen LogP contribution in [0.4, 0.5) is 4.79 Å². The number of rotatable bonds is 9. The first-order valence-electron chi connectivity index (χ1n) is 6.07. The van der Waals surface area contributed by atoms with Crippen LogP contribution in [0.5, 0.6) is 0 Å². The maximum atomic E-state index is 11.5. The Morgan fingerprint density at radius 1 is 1.63 bits per heavy atom. The topological polar surface area (TPSA) is 88.5 Å². The van der Waals surface area contributed by atoms with E-state index in [0.29, 0.717) is 13.2 Å². The molecule has 0 saturated carbocycles. The molecule has 7 nitrogen and oxygen atoms in total. The molecule has 110 valence electrons. The number of β-amino-alcohol motifs (C(OH)–C–C–N with tert-alkyl or cyclic N) is 1. The van der Waals surface area contributed by atoms with Crippen molar-refractivity contribution in [3.05, 3.63) is 12.8 Å². The fourth-order valence-electron chi connectivity index (χ4n) is 1.69. The third kappa shape index (κ3) is 4.38. The van der Waals surface area contributed by atoms with Gasteiger partial charge in [-0.05, 0) is 6.92 Å². The van der Waals surface area contributed by atoms with Gasteiger partial charge in [-0.2, -0.15) is 0 Å². The molecule has 2 unspecified atom stereocenters. The van der Waals surface area contributed by atoms with Gasteiger partial charge in [-0.15, -0.1) is 0 Å². The molecule has 2 N–H and O–H groups in total. The van der Waals surface area contributed by atoms with E-state index in [-0.39, 0.29) is 26.4 Å². The highest BCUT2D eigenvalue weighted by atomic mass is 16.6. The van der Waals surface area contributed by atoms with Gasteiger partial charge in [-0.1, -0.05) is 6.58 Å². The Bertz CT molecular complexity index is 311. The lowest BCUT2D eigenvalue weighted by molar-refractivity contribution is -0.00512. The van der Waals surface area contributed by atoms with E-state index in [2.05, 4.69) is 6.58 Å². The summed E-state index contributed by atoms with van der Waals surface area (Å²) in [5.74, 6) is 0. The van der Waals surface area contributed by atoms with Gasteiger partial charge in [0.1, 0.15) is 18.8 Å². The number of cyclic esters (lactones) is 1. The van der Waals surface area contributed by atoms with Crippen LogP contribution in [0, 0.1) is 0 Å². The molecule has 0 aliphatic carbocycles. The minimum absolute atomic E-state index is 0.0538. The molecule has 7 heteroatoms. The van der Waals surface area contributed by atoms with E-state index in [9.17, 15) is 15.0 Å². The second-order valence-corrected chi connectivity index (χ2v) is 4.59. The lowest BCUT2D eigenvalue weighted by Gasteiger charge is -2.31. The van der Waals surface area contributed by atoms with Crippen molar-refractivity contribution < 1.29 is 29.2 Å². The Hall–Kier alpha value is -1.31. The van der Waals surface area contributed by atoms with Crippen LogP contribution >= 0.6 is 0 Å². The lowest BCUT2D eigenvalue weighted by atomic mass is 10.0. The summed E-state index contributed by atoms with van der Waals surface area (Å²) in [5.41, 5.74) is -0.788. The van der Waals surface area contributed by atoms with Gasteiger partial charge >= 0.3 is 6.09 Å². The van der Waals surface area contributed by atoms with Crippen molar-refractivity contribution in [2.45, 2.75) is 18.6 Å². The van der Waals surface area contributed by atoms with Crippen LogP contribution in [0.15, 0.2) is 12.8 Å². The fourth-order valence-corrected chi connectivity index (χ4v) is 1.69. The van der Waals surface area contributed by atoms with Crippen molar-refractivity contribution in [3.8, 4) is 0 Å². The van der Waals surface area contributed by atoms with Crippen LogP contribution in [0.1, 0.15) is 6.92 Å². The molecule has 0 bridgehead atoms. The van der Waals surface area contributed by atoms with Crippen molar-refractivity contribution in [3.63, 3.8) is 0 Å². The van der Waals surface area contributed by atoms with E-state index in [1.54, 1.807) is 6.92 Å². The summed E-state index contributed by atoms with van der Waals surface area (Å²) in [6.45, 7) is 5.79. The average Bonchev–Trinajstić information content (AvgIpc) is 2.68. The van der Waals surface area contributed by atoms with Crippen LogP contribution in [0.2, 0.25) is 0 Å². The quantitative estimate of drug-likeness (QED) is 0.445. The van der Waals surface area contributed by atoms with Crippen LogP contribution in [-0.4, -0.2) is 72.4 Å². The molecule has 1 amide bonds. The van der Waals surface area contributed by atoms with E-state index < -0.39 is 17.7 Å². The van der Waals surface area contributed by atoms with Gasteiger partial charge in [0.15, 0.2) is 0 Å². The van der Waals surface area contributed by atoms with Crippen LogP contribution in [-0.2, 0) is 14.2 Å². The predicted molar refractivity (Wildman–Crippen MR) is 66.5 cm³/mol. The maximum Gasteiger partial charge on any atom is 0.410 e. The average molecular weight is 275 g/mol. The number of hydrogen-bond acceptors (Lipinski definition) is 6. The summed E-state index contributed by atoms with van der Waals surface area (Å²) in [6.07, 6.45) is -0.0713. The lowest BCUT2D eigenvalue weighted by Crippen LogP contribution is -2.51. The molecular formula is C12H21NO6. The smallest absolute Gasteiger partial charge is 0.410 e. The van der Waals surface area contributed by atoms with Crippen molar-refractivity contribution in [2.75, 3.05) is 39.6 Å². The number of aliphatic hydroxyl groups excluding tert-OH is 2. The van der Waals surface area contributed by atoms with Gasteiger partial charge in [-0.25, -0.2) is 4.79 Å². The second-order valence-electron chi connectivity index (χ2n) is 4.59. The highest BCUT2D eigenvalue weighted by molar-refractivity contribution is 5.71. The third-order valence-electron chi connectivity index (χ3n) is 2.89. The van der Waals surface area contributed by atoms with Gasteiger partial charge in [0.2, 0.25) is 0 Å². The Kier molecular flexibility index (Phi) is 6.07. The second kappa shape index (κ2) is 7.32. The van der Waals surface area contributed by atoms with Gasteiger partial charge in [0.05, 0.1) is 38.7 Å². The number of carbonyl (C=O) groups is 1. The molecule has 1 saturated heterocycles. The fraction of sp³-hybridized carbons (Fsp3) is 0.750.